The minimum atomic E-state index is 0.107. The number of benzene rings is 1. The van der Waals surface area contributed by atoms with Crippen LogP contribution in [-0.2, 0) is 6.42 Å². The van der Waals surface area contributed by atoms with Crippen LogP contribution in [0.2, 0.25) is 0 Å². The predicted molar refractivity (Wildman–Crippen MR) is 80.4 cm³/mol. The summed E-state index contributed by atoms with van der Waals surface area (Å²) in [6.07, 6.45) is 1.96. The van der Waals surface area contributed by atoms with Crippen LogP contribution in [0, 0.1) is 6.92 Å². The van der Waals surface area contributed by atoms with E-state index in [4.69, 9.17) is 10.6 Å². The molecule has 2 aromatic rings. The average molecular weight is 276 g/mol. The lowest BCUT2D eigenvalue weighted by atomic mass is 9.98. The van der Waals surface area contributed by atoms with Crippen LogP contribution < -0.4 is 16.0 Å². The van der Waals surface area contributed by atoms with Crippen molar-refractivity contribution >= 4 is 11.3 Å². The molecule has 0 radical (unpaired) electrons. The van der Waals surface area contributed by atoms with Crippen molar-refractivity contribution in [2.75, 3.05) is 7.11 Å². The summed E-state index contributed by atoms with van der Waals surface area (Å²) < 4.78 is 5.45. The highest BCUT2D eigenvalue weighted by Gasteiger charge is 2.15. The fourth-order valence-corrected chi connectivity index (χ4v) is 2.88. The summed E-state index contributed by atoms with van der Waals surface area (Å²) >= 11 is 1.73. The quantitative estimate of drug-likeness (QED) is 0.629. The fraction of sp³-hybridized carbons (Fsp3) is 0.333. The van der Waals surface area contributed by atoms with E-state index in [2.05, 4.69) is 41.3 Å². The lowest BCUT2D eigenvalue weighted by Crippen LogP contribution is -2.28. The second-order valence-corrected chi connectivity index (χ2v) is 5.41. The first kappa shape index (κ1) is 14.1. The van der Waals surface area contributed by atoms with Crippen molar-refractivity contribution in [3.05, 3.63) is 51.7 Å². The van der Waals surface area contributed by atoms with Crippen LogP contribution in [0.15, 0.2) is 35.0 Å². The number of rotatable bonds is 6. The second kappa shape index (κ2) is 6.70. The summed E-state index contributed by atoms with van der Waals surface area (Å²) in [4.78, 5) is 0. The predicted octanol–water partition coefficient (Wildman–Crippen LogP) is 3.20. The third-order valence-electron chi connectivity index (χ3n) is 3.27. The normalized spacial score (nSPS) is 12.4. The Balaban J connectivity index is 2.12. The van der Waals surface area contributed by atoms with Gasteiger partial charge in [0.2, 0.25) is 0 Å². The number of hydrogen-bond donors (Lipinski definition) is 2. The number of ether oxygens (including phenoxy) is 1. The number of hydrazine groups is 1. The van der Waals surface area contributed by atoms with Crippen LogP contribution in [0.25, 0.3) is 0 Å². The Labute approximate surface area is 118 Å². The van der Waals surface area contributed by atoms with Gasteiger partial charge in [-0.1, -0.05) is 12.1 Å². The zero-order chi connectivity index (χ0) is 13.7. The molecule has 0 amide bonds. The topological polar surface area (TPSA) is 47.3 Å². The Kier molecular flexibility index (Phi) is 4.96. The molecular formula is C15H20N2OS. The summed E-state index contributed by atoms with van der Waals surface area (Å²) in [5, 5.41) is 4.28. The highest BCUT2D eigenvalue weighted by atomic mass is 32.1. The van der Waals surface area contributed by atoms with Gasteiger partial charge in [-0.3, -0.25) is 11.3 Å². The van der Waals surface area contributed by atoms with E-state index >= 15 is 0 Å². The van der Waals surface area contributed by atoms with Gasteiger partial charge in [-0.05, 0) is 53.8 Å². The maximum atomic E-state index is 5.70. The summed E-state index contributed by atoms with van der Waals surface area (Å²) in [6, 6.07) is 8.49. The summed E-state index contributed by atoms with van der Waals surface area (Å²) in [6.45, 7) is 2.06. The Morgan fingerprint density at radius 3 is 2.84 bits per heavy atom. The molecule has 3 N–H and O–H groups in total. The number of nitrogens with one attached hydrogen (secondary N) is 1. The molecule has 3 nitrogen and oxygen atoms in total. The molecule has 0 fully saturated rings. The van der Waals surface area contributed by atoms with Crippen LogP contribution in [-0.4, -0.2) is 7.11 Å². The van der Waals surface area contributed by atoms with Crippen molar-refractivity contribution in [3.8, 4) is 5.75 Å². The standard InChI is InChI=1S/C15H20N2OS/c1-11-3-5-13(15(9-11)18-2)14(17-16)6-4-12-7-8-19-10-12/h3,5,7-10,14,17H,4,6,16H2,1-2H3. The van der Waals surface area contributed by atoms with Gasteiger partial charge >= 0.3 is 0 Å². The van der Waals surface area contributed by atoms with Crippen molar-refractivity contribution in [3.63, 3.8) is 0 Å². The number of aryl methyl sites for hydroxylation is 2. The van der Waals surface area contributed by atoms with E-state index < -0.39 is 0 Å². The monoisotopic (exact) mass is 276 g/mol. The van der Waals surface area contributed by atoms with Crippen LogP contribution in [0.5, 0.6) is 5.75 Å². The number of nitrogens with two attached hydrogens (primary N) is 1. The highest BCUT2D eigenvalue weighted by Crippen LogP contribution is 2.29. The van der Waals surface area contributed by atoms with E-state index in [1.165, 1.54) is 11.1 Å². The molecule has 19 heavy (non-hydrogen) atoms. The van der Waals surface area contributed by atoms with Gasteiger partial charge in [-0.25, -0.2) is 0 Å². The van der Waals surface area contributed by atoms with Gasteiger partial charge < -0.3 is 4.74 Å². The van der Waals surface area contributed by atoms with Gasteiger partial charge in [0.15, 0.2) is 0 Å². The molecule has 4 heteroatoms. The average Bonchev–Trinajstić information content (AvgIpc) is 2.93. The number of thiophene rings is 1. The van der Waals surface area contributed by atoms with Crippen molar-refractivity contribution < 1.29 is 4.74 Å². The molecule has 1 unspecified atom stereocenters. The summed E-state index contributed by atoms with van der Waals surface area (Å²) in [7, 11) is 1.70. The zero-order valence-corrected chi connectivity index (χ0v) is 12.2. The summed E-state index contributed by atoms with van der Waals surface area (Å²) in [5.74, 6) is 6.60. The third-order valence-corrected chi connectivity index (χ3v) is 4.00. The van der Waals surface area contributed by atoms with Crippen molar-refractivity contribution in [2.45, 2.75) is 25.8 Å². The van der Waals surface area contributed by atoms with Crippen molar-refractivity contribution in [2.24, 2.45) is 5.84 Å². The molecule has 0 saturated heterocycles. The Bertz CT molecular complexity index is 511. The first-order chi connectivity index (χ1) is 9.24. The van der Waals surface area contributed by atoms with E-state index in [1.807, 2.05) is 6.07 Å². The maximum Gasteiger partial charge on any atom is 0.123 e. The SMILES string of the molecule is COc1cc(C)ccc1C(CCc1ccsc1)NN. The van der Waals surface area contributed by atoms with Gasteiger partial charge in [0.25, 0.3) is 0 Å². The smallest absolute Gasteiger partial charge is 0.123 e. The Morgan fingerprint density at radius 1 is 1.37 bits per heavy atom. The van der Waals surface area contributed by atoms with Gasteiger partial charge in [-0.2, -0.15) is 11.3 Å². The molecule has 0 bridgehead atoms. The van der Waals surface area contributed by atoms with Crippen molar-refractivity contribution in [1.29, 1.82) is 0 Å². The summed E-state index contributed by atoms with van der Waals surface area (Å²) in [5.41, 5.74) is 6.56. The molecule has 1 aromatic carbocycles. The van der Waals surface area contributed by atoms with Gasteiger partial charge in [0.05, 0.1) is 7.11 Å². The molecule has 1 heterocycles. The maximum absolute atomic E-state index is 5.70. The third kappa shape index (κ3) is 3.56. The van der Waals surface area contributed by atoms with Crippen LogP contribution in [0.3, 0.4) is 0 Å². The largest absolute Gasteiger partial charge is 0.496 e. The molecule has 0 spiro atoms. The van der Waals surface area contributed by atoms with E-state index in [9.17, 15) is 0 Å². The lowest BCUT2D eigenvalue weighted by molar-refractivity contribution is 0.395. The molecule has 1 aromatic heterocycles. The molecule has 0 saturated carbocycles. The second-order valence-electron chi connectivity index (χ2n) is 4.63. The molecule has 0 aliphatic rings. The number of methoxy groups -OCH3 is 1. The molecule has 1 atom stereocenters. The fourth-order valence-electron chi connectivity index (χ4n) is 2.18. The van der Waals surface area contributed by atoms with E-state index in [0.29, 0.717) is 0 Å². The van der Waals surface area contributed by atoms with Crippen LogP contribution >= 0.6 is 11.3 Å². The van der Waals surface area contributed by atoms with E-state index in [-0.39, 0.29) is 6.04 Å². The van der Waals surface area contributed by atoms with Gasteiger partial charge in [0.1, 0.15) is 5.75 Å². The van der Waals surface area contributed by atoms with Gasteiger partial charge in [-0.15, -0.1) is 0 Å². The molecule has 2 rings (SSSR count). The van der Waals surface area contributed by atoms with E-state index in [0.717, 1.165) is 24.2 Å². The minimum absolute atomic E-state index is 0.107. The van der Waals surface area contributed by atoms with Crippen LogP contribution in [0.4, 0.5) is 0 Å². The molecular weight excluding hydrogens is 256 g/mol. The first-order valence-electron chi connectivity index (χ1n) is 6.36. The van der Waals surface area contributed by atoms with E-state index in [1.54, 1.807) is 18.4 Å². The Morgan fingerprint density at radius 2 is 2.21 bits per heavy atom. The number of hydrogen-bond acceptors (Lipinski definition) is 4. The van der Waals surface area contributed by atoms with Gasteiger partial charge in [0, 0.05) is 11.6 Å². The van der Waals surface area contributed by atoms with Crippen molar-refractivity contribution in [1.82, 2.24) is 5.43 Å². The minimum Gasteiger partial charge on any atom is -0.496 e. The molecule has 0 aliphatic heterocycles. The molecule has 0 aliphatic carbocycles. The lowest BCUT2D eigenvalue weighted by Gasteiger charge is -2.19. The Hall–Kier alpha value is -1.36. The molecule has 102 valence electrons. The first-order valence-corrected chi connectivity index (χ1v) is 7.30. The highest BCUT2D eigenvalue weighted by molar-refractivity contribution is 7.07. The van der Waals surface area contributed by atoms with Crippen LogP contribution in [0.1, 0.15) is 29.2 Å². The zero-order valence-electron chi connectivity index (χ0n) is 11.3.